The Morgan fingerprint density at radius 3 is 2.80 bits per heavy atom. The lowest BCUT2D eigenvalue weighted by Gasteiger charge is -2.12. The highest BCUT2D eigenvalue weighted by atomic mass is 16.2. The minimum atomic E-state index is -0.307. The first-order valence-corrected chi connectivity index (χ1v) is 7.75. The first kappa shape index (κ1) is 16.6. The van der Waals surface area contributed by atoms with Gasteiger partial charge in [-0.1, -0.05) is 12.1 Å². The van der Waals surface area contributed by atoms with Crippen molar-refractivity contribution in [3.05, 3.63) is 59.0 Å². The molecule has 0 radical (unpaired) electrons. The van der Waals surface area contributed by atoms with Gasteiger partial charge in [0.25, 0.3) is 5.56 Å². The van der Waals surface area contributed by atoms with Crippen molar-refractivity contribution in [2.45, 2.75) is 13.1 Å². The molecule has 3 rings (SSSR count). The van der Waals surface area contributed by atoms with E-state index >= 15 is 0 Å². The maximum atomic E-state index is 12.4. The van der Waals surface area contributed by atoms with Gasteiger partial charge < -0.3 is 10.2 Å². The third-order valence-corrected chi connectivity index (χ3v) is 3.64. The number of fused-ring (bicyclic) bond motifs is 1. The van der Waals surface area contributed by atoms with E-state index in [0.29, 0.717) is 16.7 Å². The lowest BCUT2D eigenvalue weighted by Crippen LogP contribution is -2.32. The van der Waals surface area contributed by atoms with Crippen LogP contribution in [0.5, 0.6) is 0 Å². The molecule has 0 spiro atoms. The Labute approximate surface area is 144 Å². The van der Waals surface area contributed by atoms with Crippen LogP contribution in [0.15, 0.2) is 47.7 Å². The Kier molecular flexibility index (Phi) is 4.69. The van der Waals surface area contributed by atoms with Gasteiger partial charge in [-0.2, -0.15) is 0 Å². The summed E-state index contributed by atoms with van der Waals surface area (Å²) in [6.45, 7) is 0.0836. The summed E-state index contributed by atoms with van der Waals surface area (Å²) in [5, 5.41) is 3.20. The molecule has 25 heavy (non-hydrogen) atoms. The molecular weight excluding hydrogens is 320 g/mol. The molecule has 1 aromatic carbocycles. The lowest BCUT2D eigenvalue weighted by molar-refractivity contribution is -0.121. The summed E-state index contributed by atoms with van der Waals surface area (Å²) in [6.07, 6.45) is 3.02. The van der Waals surface area contributed by atoms with Gasteiger partial charge in [0.1, 0.15) is 18.2 Å². The van der Waals surface area contributed by atoms with Crippen LogP contribution in [0.3, 0.4) is 0 Å². The van der Waals surface area contributed by atoms with Gasteiger partial charge in [0.15, 0.2) is 0 Å². The molecule has 2 heterocycles. The summed E-state index contributed by atoms with van der Waals surface area (Å²) in [5.41, 5.74) is 0.365. The molecule has 0 saturated carbocycles. The first-order chi connectivity index (χ1) is 12.0. The molecule has 0 atom stereocenters. The van der Waals surface area contributed by atoms with E-state index in [2.05, 4.69) is 20.3 Å². The van der Waals surface area contributed by atoms with Crippen molar-refractivity contribution in [2.75, 3.05) is 19.0 Å². The van der Waals surface area contributed by atoms with E-state index in [-0.39, 0.29) is 24.6 Å². The van der Waals surface area contributed by atoms with Crippen molar-refractivity contribution in [2.24, 2.45) is 0 Å². The predicted molar refractivity (Wildman–Crippen MR) is 94.2 cm³/mol. The molecule has 0 saturated heterocycles. The number of benzene rings is 1. The monoisotopic (exact) mass is 338 g/mol. The average molecular weight is 338 g/mol. The fourth-order valence-corrected chi connectivity index (χ4v) is 2.33. The highest BCUT2D eigenvalue weighted by molar-refractivity contribution is 5.78. The van der Waals surface area contributed by atoms with Crippen LogP contribution < -0.4 is 15.8 Å². The third-order valence-electron chi connectivity index (χ3n) is 3.64. The maximum absolute atomic E-state index is 12.4. The molecule has 0 aliphatic carbocycles. The molecule has 1 amide bonds. The molecule has 0 fully saturated rings. The minimum Gasteiger partial charge on any atom is -0.363 e. The summed E-state index contributed by atoms with van der Waals surface area (Å²) >= 11 is 0. The van der Waals surface area contributed by atoms with E-state index in [1.165, 1.54) is 10.9 Å². The van der Waals surface area contributed by atoms with E-state index in [9.17, 15) is 9.59 Å². The van der Waals surface area contributed by atoms with Crippen molar-refractivity contribution >= 4 is 22.6 Å². The number of rotatable bonds is 5. The van der Waals surface area contributed by atoms with Crippen LogP contribution in [0.2, 0.25) is 0 Å². The minimum absolute atomic E-state index is 0.107. The number of carbonyl (C=O) groups is 1. The topological polar surface area (TPSA) is 93.0 Å². The van der Waals surface area contributed by atoms with Gasteiger partial charge in [0.05, 0.1) is 23.8 Å². The number of hydrogen-bond donors (Lipinski definition) is 1. The van der Waals surface area contributed by atoms with E-state index in [4.69, 9.17) is 0 Å². The molecule has 0 bridgehead atoms. The van der Waals surface area contributed by atoms with Crippen LogP contribution in [0.1, 0.15) is 5.82 Å². The number of carbonyl (C=O) groups excluding carboxylic acids is 1. The summed E-state index contributed by atoms with van der Waals surface area (Å²) in [7, 11) is 3.76. The van der Waals surface area contributed by atoms with Crippen molar-refractivity contribution in [1.29, 1.82) is 0 Å². The van der Waals surface area contributed by atoms with E-state index in [0.717, 1.165) is 5.82 Å². The fourth-order valence-electron chi connectivity index (χ4n) is 2.33. The average Bonchev–Trinajstić information content (AvgIpc) is 2.63. The lowest BCUT2D eigenvalue weighted by atomic mass is 10.2. The Balaban J connectivity index is 1.68. The molecule has 8 heteroatoms. The zero-order valence-corrected chi connectivity index (χ0v) is 14.0. The Morgan fingerprint density at radius 2 is 2.00 bits per heavy atom. The first-order valence-electron chi connectivity index (χ1n) is 7.75. The van der Waals surface area contributed by atoms with Gasteiger partial charge in [-0.05, 0) is 18.2 Å². The molecule has 128 valence electrons. The second-order valence-corrected chi connectivity index (χ2v) is 5.70. The molecule has 1 N–H and O–H groups in total. The molecule has 0 aliphatic heterocycles. The van der Waals surface area contributed by atoms with Crippen molar-refractivity contribution < 1.29 is 4.79 Å². The van der Waals surface area contributed by atoms with Crippen LogP contribution in [-0.4, -0.2) is 39.5 Å². The largest absolute Gasteiger partial charge is 0.363 e. The van der Waals surface area contributed by atoms with Gasteiger partial charge in [0, 0.05) is 20.3 Å². The number of hydrogen-bond acceptors (Lipinski definition) is 6. The van der Waals surface area contributed by atoms with Gasteiger partial charge in [-0.3, -0.25) is 14.2 Å². The Morgan fingerprint density at radius 1 is 1.20 bits per heavy atom. The quantitative estimate of drug-likeness (QED) is 0.731. The van der Waals surface area contributed by atoms with E-state index in [1.54, 1.807) is 30.5 Å². The zero-order chi connectivity index (χ0) is 17.8. The number of nitrogens with zero attached hydrogens (tertiary/aromatic N) is 5. The Bertz CT molecular complexity index is 967. The number of para-hydroxylation sites is 1. The molecule has 0 aliphatic rings. The van der Waals surface area contributed by atoms with Crippen molar-refractivity contribution in [1.82, 2.24) is 24.8 Å². The smallest absolute Gasteiger partial charge is 0.261 e. The normalized spacial score (nSPS) is 10.6. The van der Waals surface area contributed by atoms with Gasteiger partial charge >= 0.3 is 0 Å². The number of anilines is 1. The molecule has 3 aromatic rings. The molecule has 8 nitrogen and oxygen atoms in total. The SMILES string of the molecule is CN(C)c1ccnc(CNC(=O)Cn2cnc3ccccc3c2=O)n1. The van der Waals surface area contributed by atoms with Gasteiger partial charge in [0.2, 0.25) is 5.91 Å². The zero-order valence-electron chi connectivity index (χ0n) is 14.0. The van der Waals surface area contributed by atoms with Crippen molar-refractivity contribution in [3.8, 4) is 0 Å². The van der Waals surface area contributed by atoms with Crippen LogP contribution in [0, 0.1) is 0 Å². The fraction of sp³-hybridized carbons (Fsp3) is 0.235. The Hall–Kier alpha value is -3.29. The number of nitrogens with one attached hydrogen (secondary N) is 1. The predicted octanol–water partition coefficient (Wildman–Crippen LogP) is 0.569. The summed E-state index contributed by atoms with van der Waals surface area (Å²) in [6, 6.07) is 8.82. The molecule has 0 unspecified atom stereocenters. The van der Waals surface area contributed by atoms with E-state index < -0.39 is 0 Å². The maximum Gasteiger partial charge on any atom is 0.261 e. The molecule has 2 aromatic heterocycles. The van der Waals surface area contributed by atoms with E-state index in [1.807, 2.05) is 25.1 Å². The second kappa shape index (κ2) is 7.08. The van der Waals surface area contributed by atoms with Crippen LogP contribution in [0.25, 0.3) is 10.9 Å². The summed E-state index contributed by atoms with van der Waals surface area (Å²) < 4.78 is 1.29. The standard InChI is InChI=1S/C17H18N6O2/c1-22(2)15-7-8-18-14(21-15)9-19-16(24)10-23-11-20-13-6-4-3-5-12(13)17(23)25/h3-8,11H,9-10H2,1-2H3,(H,19,24). The van der Waals surface area contributed by atoms with Crippen LogP contribution in [0.4, 0.5) is 5.82 Å². The molecular formula is C17H18N6O2. The summed E-state index contributed by atoms with van der Waals surface area (Å²) in [4.78, 5) is 39.0. The van der Waals surface area contributed by atoms with Gasteiger partial charge in [-0.15, -0.1) is 0 Å². The summed E-state index contributed by atoms with van der Waals surface area (Å²) in [5.74, 6) is 0.954. The number of aromatic nitrogens is 4. The highest BCUT2D eigenvalue weighted by Crippen LogP contribution is 2.06. The highest BCUT2D eigenvalue weighted by Gasteiger charge is 2.09. The number of amides is 1. The van der Waals surface area contributed by atoms with Crippen molar-refractivity contribution in [3.63, 3.8) is 0 Å². The second-order valence-electron chi connectivity index (χ2n) is 5.70. The van der Waals surface area contributed by atoms with Crippen LogP contribution in [-0.2, 0) is 17.9 Å². The third kappa shape index (κ3) is 3.79. The van der Waals surface area contributed by atoms with Gasteiger partial charge in [-0.25, -0.2) is 15.0 Å². The van der Waals surface area contributed by atoms with Crippen LogP contribution >= 0.6 is 0 Å².